The van der Waals surface area contributed by atoms with Gasteiger partial charge in [0.2, 0.25) is 17.8 Å². The van der Waals surface area contributed by atoms with Gasteiger partial charge in [-0.15, -0.1) is 0 Å². The lowest BCUT2D eigenvalue weighted by molar-refractivity contribution is 0.301. The molecule has 7 nitrogen and oxygen atoms in total. The summed E-state index contributed by atoms with van der Waals surface area (Å²) in [6, 6.07) is 4.45. The molecule has 0 aliphatic rings. The maximum absolute atomic E-state index is 13.8. The minimum Gasteiger partial charge on any atom is -0.491 e. The van der Waals surface area contributed by atoms with Crippen LogP contribution in [0.25, 0.3) is 0 Å². The smallest absolute Gasteiger partial charge is 0.233 e. The summed E-state index contributed by atoms with van der Waals surface area (Å²) in [4.78, 5) is 11.3. The number of halogens is 1. The molecule has 2 rings (SSSR count). The Hall–Kier alpha value is -2.64. The van der Waals surface area contributed by atoms with Crippen LogP contribution in [-0.4, -0.2) is 21.6 Å². The molecule has 0 aliphatic carbocycles. The fourth-order valence-electron chi connectivity index (χ4n) is 1.50. The predicted molar refractivity (Wildman–Crippen MR) is 74.1 cm³/mol. The van der Waals surface area contributed by atoms with Crippen LogP contribution in [0.15, 0.2) is 18.2 Å². The van der Waals surface area contributed by atoms with Crippen molar-refractivity contribution in [3.63, 3.8) is 0 Å². The molecule has 0 bridgehead atoms. The van der Waals surface area contributed by atoms with Crippen LogP contribution in [0.2, 0.25) is 0 Å². The summed E-state index contributed by atoms with van der Waals surface area (Å²) in [5, 5.41) is 2.79. The van der Waals surface area contributed by atoms with Crippen LogP contribution in [0.4, 0.5) is 27.9 Å². The summed E-state index contributed by atoms with van der Waals surface area (Å²) in [5.74, 6) is -0.145. The van der Waals surface area contributed by atoms with Gasteiger partial charge in [0.05, 0.1) is 6.61 Å². The van der Waals surface area contributed by atoms with Gasteiger partial charge in [-0.2, -0.15) is 15.0 Å². The molecule has 0 radical (unpaired) electrons. The van der Waals surface area contributed by atoms with E-state index in [1.54, 1.807) is 6.07 Å². The molecule has 5 N–H and O–H groups in total. The van der Waals surface area contributed by atoms with E-state index in [0.717, 1.165) is 6.42 Å². The minimum atomic E-state index is -0.474. The number of anilines is 4. The normalized spacial score (nSPS) is 10.3. The zero-order valence-electron chi connectivity index (χ0n) is 10.9. The van der Waals surface area contributed by atoms with Crippen LogP contribution in [0, 0.1) is 5.82 Å². The second kappa shape index (κ2) is 6.00. The first-order valence-electron chi connectivity index (χ1n) is 6.05. The van der Waals surface area contributed by atoms with Crippen molar-refractivity contribution in [1.82, 2.24) is 15.0 Å². The van der Waals surface area contributed by atoms with Crippen molar-refractivity contribution in [2.45, 2.75) is 13.3 Å². The SMILES string of the molecule is CCCOc1ccc(Nc2nc(N)nc(N)n2)cc1F. The van der Waals surface area contributed by atoms with Crippen molar-refractivity contribution in [3.05, 3.63) is 24.0 Å². The fraction of sp³-hybridized carbons (Fsp3) is 0.250. The monoisotopic (exact) mass is 278 g/mol. The zero-order chi connectivity index (χ0) is 14.5. The quantitative estimate of drug-likeness (QED) is 0.763. The summed E-state index contributed by atoms with van der Waals surface area (Å²) in [7, 11) is 0. The van der Waals surface area contributed by atoms with Crippen LogP contribution < -0.4 is 21.5 Å². The standard InChI is InChI=1S/C12H15FN6O/c1-2-5-20-9-4-3-7(6-8(9)13)16-12-18-10(14)17-11(15)19-12/h3-4,6H,2,5H2,1H3,(H5,14,15,16,17,18,19). The van der Waals surface area contributed by atoms with Crippen molar-refractivity contribution in [3.8, 4) is 5.75 Å². The van der Waals surface area contributed by atoms with Gasteiger partial charge in [-0.1, -0.05) is 6.92 Å². The summed E-state index contributed by atoms with van der Waals surface area (Å²) >= 11 is 0. The zero-order valence-corrected chi connectivity index (χ0v) is 10.9. The number of nitrogens with one attached hydrogen (secondary N) is 1. The number of benzene rings is 1. The summed E-state index contributed by atoms with van der Waals surface area (Å²) < 4.78 is 19.0. The van der Waals surface area contributed by atoms with Crippen LogP contribution in [0.3, 0.4) is 0 Å². The number of hydrogen-bond acceptors (Lipinski definition) is 7. The molecule has 0 spiro atoms. The molecular formula is C12H15FN6O. The van der Waals surface area contributed by atoms with E-state index < -0.39 is 5.82 Å². The highest BCUT2D eigenvalue weighted by Crippen LogP contribution is 2.23. The lowest BCUT2D eigenvalue weighted by atomic mass is 10.3. The largest absolute Gasteiger partial charge is 0.491 e. The summed E-state index contributed by atoms with van der Waals surface area (Å²) in [6.45, 7) is 2.41. The molecule has 0 aliphatic heterocycles. The van der Waals surface area contributed by atoms with Gasteiger partial charge in [0.25, 0.3) is 0 Å². The Bertz CT molecular complexity index is 586. The first-order valence-corrected chi connectivity index (χ1v) is 6.05. The van der Waals surface area contributed by atoms with Gasteiger partial charge >= 0.3 is 0 Å². The second-order valence-corrected chi connectivity index (χ2v) is 3.99. The van der Waals surface area contributed by atoms with Crippen molar-refractivity contribution in [1.29, 1.82) is 0 Å². The molecule has 1 aromatic carbocycles. The second-order valence-electron chi connectivity index (χ2n) is 3.99. The Morgan fingerprint density at radius 1 is 1.20 bits per heavy atom. The third-order valence-corrected chi connectivity index (χ3v) is 2.32. The number of nitrogens with zero attached hydrogens (tertiary/aromatic N) is 3. The highest BCUT2D eigenvalue weighted by atomic mass is 19.1. The van der Waals surface area contributed by atoms with Crippen molar-refractivity contribution in [2.75, 3.05) is 23.4 Å². The van der Waals surface area contributed by atoms with Crippen LogP contribution in [-0.2, 0) is 0 Å². The molecule has 1 aromatic heterocycles. The van der Waals surface area contributed by atoms with Gasteiger partial charge in [0.15, 0.2) is 11.6 Å². The molecule has 20 heavy (non-hydrogen) atoms. The Morgan fingerprint density at radius 3 is 2.50 bits per heavy atom. The van der Waals surface area contributed by atoms with Gasteiger partial charge in [0, 0.05) is 11.8 Å². The van der Waals surface area contributed by atoms with Crippen molar-refractivity contribution >= 4 is 23.5 Å². The van der Waals surface area contributed by atoms with Gasteiger partial charge in [-0.05, 0) is 18.6 Å². The van der Waals surface area contributed by atoms with E-state index in [1.165, 1.54) is 12.1 Å². The number of hydrogen-bond donors (Lipinski definition) is 3. The minimum absolute atomic E-state index is 0.0108. The van der Waals surface area contributed by atoms with Crippen LogP contribution in [0.1, 0.15) is 13.3 Å². The maximum atomic E-state index is 13.8. The predicted octanol–water partition coefficient (Wildman–Crippen LogP) is 1.71. The van der Waals surface area contributed by atoms with Gasteiger partial charge in [-0.25, -0.2) is 4.39 Å². The molecule has 0 saturated heterocycles. The molecule has 0 unspecified atom stereocenters. The Labute approximate surface area is 115 Å². The average Bonchev–Trinajstić information content (AvgIpc) is 2.36. The van der Waals surface area contributed by atoms with E-state index >= 15 is 0 Å². The van der Waals surface area contributed by atoms with E-state index in [-0.39, 0.29) is 23.6 Å². The van der Waals surface area contributed by atoms with Crippen LogP contribution >= 0.6 is 0 Å². The topological polar surface area (TPSA) is 112 Å². The number of nitrogen functional groups attached to an aromatic ring is 2. The maximum Gasteiger partial charge on any atom is 0.233 e. The van der Waals surface area contributed by atoms with E-state index in [0.29, 0.717) is 12.3 Å². The first kappa shape index (κ1) is 13.8. The number of aromatic nitrogens is 3. The number of nitrogens with two attached hydrogens (primary N) is 2. The van der Waals surface area contributed by atoms with Crippen molar-refractivity contribution in [2.24, 2.45) is 0 Å². The van der Waals surface area contributed by atoms with Crippen LogP contribution in [0.5, 0.6) is 5.75 Å². The first-order chi connectivity index (χ1) is 9.58. The molecular weight excluding hydrogens is 263 g/mol. The number of rotatable bonds is 5. The molecule has 2 aromatic rings. The van der Waals surface area contributed by atoms with E-state index in [2.05, 4.69) is 20.3 Å². The highest BCUT2D eigenvalue weighted by Gasteiger charge is 2.07. The Kier molecular flexibility index (Phi) is 4.14. The lowest BCUT2D eigenvalue weighted by Crippen LogP contribution is -2.06. The molecule has 0 saturated carbocycles. The summed E-state index contributed by atoms with van der Waals surface area (Å²) in [5.41, 5.74) is 11.3. The van der Waals surface area contributed by atoms with Gasteiger partial charge in [-0.3, -0.25) is 0 Å². The average molecular weight is 278 g/mol. The summed E-state index contributed by atoms with van der Waals surface area (Å²) in [6.07, 6.45) is 0.808. The lowest BCUT2D eigenvalue weighted by Gasteiger charge is -2.09. The van der Waals surface area contributed by atoms with Crippen molar-refractivity contribution < 1.29 is 9.13 Å². The highest BCUT2D eigenvalue weighted by molar-refractivity contribution is 5.56. The molecule has 0 atom stereocenters. The number of ether oxygens (including phenoxy) is 1. The van der Waals surface area contributed by atoms with E-state index in [9.17, 15) is 4.39 Å². The Balaban J connectivity index is 2.15. The molecule has 8 heteroatoms. The molecule has 1 heterocycles. The van der Waals surface area contributed by atoms with Gasteiger partial charge in [0.1, 0.15) is 0 Å². The van der Waals surface area contributed by atoms with Gasteiger partial charge < -0.3 is 21.5 Å². The molecule has 106 valence electrons. The van der Waals surface area contributed by atoms with E-state index in [4.69, 9.17) is 16.2 Å². The molecule has 0 amide bonds. The third-order valence-electron chi connectivity index (χ3n) is 2.32. The Morgan fingerprint density at radius 2 is 1.90 bits per heavy atom. The van der Waals surface area contributed by atoms with E-state index in [1.807, 2.05) is 6.92 Å². The third kappa shape index (κ3) is 3.44. The molecule has 0 fully saturated rings. The fourth-order valence-corrected chi connectivity index (χ4v) is 1.50.